The molecule has 2 aliphatic rings. The lowest BCUT2D eigenvalue weighted by Gasteiger charge is -2.30. The summed E-state index contributed by atoms with van der Waals surface area (Å²) in [4.78, 5) is 0. The molecule has 0 bridgehead atoms. The van der Waals surface area contributed by atoms with Gasteiger partial charge in [-0.2, -0.15) is 0 Å². The summed E-state index contributed by atoms with van der Waals surface area (Å²) >= 11 is 0. The van der Waals surface area contributed by atoms with Crippen molar-refractivity contribution in [3.05, 3.63) is 11.6 Å². The highest BCUT2D eigenvalue weighted by molar-refractivity contribution is 5.18. The second-order valence-corrected chi connectivity index (χ2v) is 6.27. The van der Waals surface area contributed by atoms with Crippen molar-refractivity contribution < 1.29 is 0 Å². The van der Waals surface area contributed by atoms with Crippen LogP contribution in [0.3, 0.4) is 0 Å². The molecule has 0 radical (unpaired) electrons. The van der Waals surface area contributed by atoms with Crippen LogP contribution in [0.25, 0.3) is 0 Å². The average molecular weight is 206 g/mol. The normalized spacial score (nSPS) is 30.9. The summed E-state index contributed by atoms with van der Waals surface area (Å²) in [5.74, 6) is 2.00. The molecule has 0 amide bonds. The van der Waals surface area contributed by atoms with Gasteiger partial charge in [0.1, 0.15) is 0 Å². The fourth-order valence-corrected chi connectivity index (χ4v) is 3.41. The van der Waals surface area contributed by atoms with E-state index in [1.165, 1.54) is 44.9 Å². The molecule has 1 fully saturated rings. The molecular weight excluding hydrogens is 180 g/mol. The van der Waals surface area contributed by atoms with E-state index in [0.717, 1.165) is 11.8 Å². The van der Waals surface area contributed by atoms with E-state index in [4.69, 9.17) is 0 Å². The molecule has 0 heteroatoms. The van der Waals surface area contributed by atoms with Crippen LogP contribution in [0, 0.1) is 17.3 Å². The summed E-state index contributed by atoms with van der Waals surface area (Å²) < 4.78 is 0. The van der Waals surface area contributed by atoms with Crippen LogP contribution in [0.5, 0.6) is 0 Å². The van der Waals surface area contributed by atoms with E-state index in [2.05, 4.69) is 26.8 Å². The Balaban J connectivity index is 1.81. The van der Waals surface area contributed by atoms with Crippen molar-refractivity contribution in [2.45, 2.75) is 65.7 Å². The Morgan fingerprint density at radius 2 is 1.87 bits per heavy atom. The minimum absolute atomic E-state index is 0.485. The van der Waals surface area contributed by atoms with Crippen LogP contribution in [0.4, 0.5) is 0 Å². The zero-order valence-corrected chi connectivity index (χ0v) is 10.7. The zero-order valence-electron chi connectivity index (χ0n) is 10.7. The molecule has 0 N–H and O–H groups in total. The summed E-state index contributed by atoms with van der Waals surface area (Å²) in [6, 6.07) is 0. The van der Waals surface area contributed by atoms with Crippen molar-refractivity contribution in [3.8, 4) is 0 Å². The number of hydrogen-bond acceptors (Lipinski definition) is 0. The van der Waals surface area contributed by atoms with Gasteiger partial charge in [-0.1, -0.05) is 57.6 Å². The Kier molecular flexibility index (Phi) is 3.23. The fraction of sp³-hybridized carbons (Fsp3) is 0.867. The Morgan fingerprint density at radius 1 is 1.20 bits per heavy atom. The van der Waals surface area contributed by atoms with Crippen LogP contribution in [0.2, 0.25) is 0 Å². The fourth-order valence-electron chi connectivity index (χ4n) is 3.41. The van der Waals surface area contributed by atoms with Gasteiger partial charge in [0.2, 0.25) is 0 Å². The van der Waals surface area contributed by atoms with E-state index in [-0.39, 0.29) is 0 Å². The van der Waals surface area contributed by atoms with Gasteiger partial charge in [-0.3, -0.25) is 0 Å². The van der Waals surface area contributed by atoms with Crippen molar-refractivity contribution in [1.82, 2.24) is 0 Å². The van der Waals surface area contributed by atoms with Crippen molar-refractivity contribution in [2.24, 2.45) is 17.3 Å². The molecule has 15 heavy (non-hydrogen) atoms. The van der Waals surface area contributed by atoms with Crippen LogP contribution in [0.1, 0.15) is 65.7 Å². The first-order chi connectivity index (χ1) is 7.10. The van der Waals surface area contributed by atoms with Gasteiger partial charge in [0.25, 0.3) is 0 Å². The molecule has 0 aromatic heterocycles. The topological polar surface area (TPSA) is 0 Å². The van der Waals surface area contributed by atoms with Gasteiger partial charge in [0, 0.05) is 0 Å². The second kappa shape index (κ2) is 4.31. The van der Waals surface area contributed by atoms with E-state index in [1.807, 2.05) is 0 Å². The van der Waals surface area contributed by atoms with Gasteiger partial charge in [0.15, 0.2) is 0 Å². The van der Waals surface area contributed by atoms with Crippen LogP contribution in [-0.2, 0) is 0 Å². The van der Waals surface area contributed by atoms with E-state index in [1.54, 1.807) is 5.57 Å². The zero-order chi connectivity index (χ0) is 10.9. The molecule has 1 atom stereocenters. The molecule has 0 aromatic rings. The molecule has 1 unspecified atom stereocenters. The molecule has 0 saturated heterocycles. The number of hydrogen-bond donors (Lipinski definition) is 0. The standard InChI is InChI=1S/C15H26/c1-12-8-10-14(15(12,2)3)11-9-13-6-4-5-7-13/h8,13-14H,4-7,9-11H2,1-3H3. The average Bonchev–Trinajstić information content (AvgIpc) is 2.76. The predicted octanol–water partition coefficient (Wildman–Crippen LogP) is 4.95. The smallest absolute Gasteiger partial charge is 0.0116 e. The molecule has 2 aliphatic carbocycles. The first-order valence-electron chi connectivity index (χ1n) is 6.78. The summed E-state index contributed by atoms with van der Waals surface area (Å²) in [5, 5.41) is 0. The number of rotatable bonds is 3. The largest absolute Gasteiger partial charge is 0.0848 e. The van der Waals surface area contributed by atoms with E-state index < -0.39 is 0 Å². The van der Waals surface area contributed by atoms with Crippen molar-refractivity contribution in [3.63, 3.8) is 0 Å². The third-order valence-electron chi connectivity index (χ3n) is 5.14. The van der Waals surface area contributed by atoms with E-state index in [0.29, 0.717) is 5.41 Å². The molecule has 0 aromatic carbocycles. The van der Waals surface area contributed by atoms with E-state index in [9.17, 15) is 0 Å². The monoisotopic (exact) mass is 206 g/mol. The molecule has 2 rings (SSSR count). The maximum absolute atomic E-state index is 2.47. The molecule has 0 heterocycles. The third-order valence-corrected chi connectivity index (χ3v) is 5.14. The molecule has 0 spiro atoms. The second-order valence-electron chi connectivity index (χ2n) is 6.27. The quantitative estimate of drug-likeness (QED) is 0.573. The maximum atomic E-state index is 2.47. The lowest BCUT2D eigenvalue weighted by atomic mass is 9.75. The van der Waals surface area contributed by atoms with Crippen molar-refractivity contribution in [1.29, 1.82) is 0 Å². The third kappa shape index (κ3) is 2.29. The van der Waals surface area contributed by atoms with Crippen LogP contribution in [0.15, 0.2) is 11.6 Å². The lowest BCUT2D eigenvalue weighted by molar-refractivity contribution is 0.254. The van der Waals surface area contributed by atoms with Gasteiger partial charge in [-0.25, -0.2) is 0 Å². The highest BCUT2D eigenvalue weighted by atomic mass is 14.4. The van der Waals surface area contributed by atoms with Crippen LogP contribution >= 0.6 is 0 Å². The van der Waals surface area contributed by atoms with Gasteiger partial charge < -0.3 is 0 Å². The van der Waals surface area contributed by atoms with Crippen molar-refractivity contribution >= 4 is 0 Å². The first-order valence-corrected chi connectivity index (χ1v) is 6.78. The Morgan fingerprint density at radius 3 is 2.40 bits per heavy atom. The minimum Gasteiger partial charge on any atom is -0.0848 e. The summed E-state index contributed by atoms with van der Waals surface area (Å²) in [6.45, 7) is 7.19. The summed E-state index contributed by atoms with van der Waals surface area (Å²) in [7, 11) is 0. The summed E-state index contributed by atoms with van der Waals surface area (Å²) in [5.41, 5.74) is 2.11. The van der Waals surface area contributed by atoms with Gasteiger partial charge in [-0.15, -0.1) is 0 Å². The van der Waals surface area contributed by atoms with Crippen LogP contribution in [-0.4, -0.2) is 0 Å². The van der Waals surface area contributed by atoms with Crippen LogP contribution < -0.4 is 0 Å². The first kappa shape index (κ1) is 11.2. The Labute approximate surface area is 95.1 Å². The molecule has 0 aliphatic heterocycles. The van der Waals surface area contributed by atoms with Crippen molar-refractivity contribution in [2.75, 3.05) is 0 Å². The van der Waals surface area contributed by atoms with Gasteiger partial charge in [-0.05, 0) is 37.0 Å². The SMILES string of the molecule is CC1=CCC(CCC2CCCC2)C1(C)C. The Bertz CT molecular complexity index is 241. The van der Waals surface area contributed by atoms with E-state index >= 15 is 0 Å². The highest BCUT2D eigenvalue weighted by Crippen LogP contribution is 2.46. The molecule has 0 nitrogen and oxygen atoms in total. The Hall–Kier alpha value is -0.260. The summed E-state index contributed by atoms with van der Waals surface area (Å²) in [6.07, 6.45) is 12.8. The predicted molar refractivity (Wildman–Crippen MR) is 66.8 cm³/mol. The van der Waals surface area contributed by atoms with Gasteiger partial charge >= 0.3 is 0 Å². The minimum atomic E-state index is 0.485. The molecule has 1 saturated carbocycles. The molecular formula is C15H26. The van der Waals surface area contributed by atoms with Gasteiger partial charge in [0.05, 0.1) is 0 Å². The lowest BCUT2D eigenvalue weighted by Crippen LogP contribution is -2.20. The highest BCUT2D eigenvalue weighted by Gasteiger charge is 2.34. The molecule has 86 valence electrons. The number of allylic oxidation sites excluding steroid dienone is 2. The maximum Gasteiger partial charge on any atom is -0.0116 e.